The molecule has 0 radical (unpaired) electrons. The van der Waals surface area contributed by atoms with Crippen molar-refractivity contribution in [1.29, 1.82) is 0 Å². The van der Waals surface area contributed by atoms with E-state index < -0.39 is 6.10 Å². The van der Waals surface area contributed by atoms with E-state index in [1.165, 1.54) is 0 Å². The van der Waals surface area contributed by atoms with Gasteiger partial charge in [-0.3, -0.25) is 0 Å². The monoisotopic (exact) mass is 220 g/mol. The molecular weight excluding hydrogens is 200 g/mol. The number of rotatable bonds is 5. The molecule has 0 aliphatic heterocycles. The Hall–Kier alpha value is -1.28. The molecule has 0 aromatic heterocycles. The van der Waals surface area contributed by atoms with Crippen molar-refractivity contribution < 1.29 is 9.84 Å². The molecule has 1 atom stereocenters. The molecule has 1 aromatic rings. The van der Waals surface area contributed by atoms with E-state index in [0.29, 0.717) is 6.42 Å². The Bertz CT molecular complexity index is 369. The minimum atomic E-state index is -0.480. The first-order chi connectivity index (χ1) is 7.54. The molecule has 88 valence electrons. The zero-order chi connectivity index (χ0) is 12.1. The predicted molar refractivity (Wildman–Crippen MR) is 66.7 cm³/mol. The van der Waals surface area contributed by atoms with Crippen LogP contribution in [0.3, 0.4) is 0 Å². The van der Waals surface area contributed by atoms with Crippen LogP contribution in [0.15, 0.2) is 30.4 Å². The average molecular weight is 220 g/mol. The van der Waals surface area contributed by atoms with Gasteiger partial charge in [0.2, 0.25) is 0 Å². The van der Waals surface area contributed by atoms with Gasteiger partial charge in [0.15, 0.2) is 0 Å². The lowest BCUT2D eigenvalue weighted by molar-refractivity contribution is 0.163. The van der Waals surface area contributed by atoms with Crippen molar-refractivity contribution in [2.75, 3.05) is 7.11 Å². The van der Waals surface area contributed by atoms with Gasteiger partial charge < -0.3 is 9.84 Å². The third-order valence-electron chi connectivity index (χ3n) is 2.59. The highest BCUT2D eigenvalue weighted by Crippen LogP contribution is 2.29. The van der Waals surface area contributed by atoms with Crippen LogP contribution in [0.2, 0.25) is 0 Å². The van der Waals surface area contributed by atoms with E-state index in [0.717, 1.165) is 28.9 Å². The maximum Gasteiger partial charge on any atom is 0.124 e. The van der Waals surface area contributed by atoms with Crippen molar-refractivity contribution in [2.24, 2.45) is 0 Å². The highest BCUT2D eigenvalue weighted by Gasteiger charge is 2.13. The second-order valence-electron chi connectivity index (χ2n) is 4.26. The van der Waals surface area contributed by atoms with Crippen LogP contribution >= 0.6 is 0 Å². The van der Waals surface area contributed by atoms with Gasteiger partial charge >= 0.3 is 0 Å². The summed E-state index contributed by atoms with van der Waals surface area (Å²) in [7, 11) is 1.62. The van der Waals surface area contributed by atoms with Gasteiger partial charge in [0, 0.05) is 5.56 Å². The molecule has 0 amide bonds. The third kappa shape index (κ3) is 3.38. The van der Waals surface area contributed by atoms with Crippen LogP contribution in [0.25, 0.3) is 0 Å². The van der Waals surface area contributed by atoms with Gasteiger partial charge in [-0.05, 0) is 38.8 Å². The smallest absolute Gasteiger partial charge is 0.124 e. The normalized spacial score (nSPS) is 12.2. The van der Waals surface area contributed by atoms with Gasteiger partial charge in [-0.1, -0.05) is 17.2 Å². The van der Waals surface area contributed by atoms with Crippen molar-refractivity contribution in [3.63, 3.8) is 0 Å². The first-order valence-electron chi connectivity index (χ1n) is 5.51. The Morgan fingerprint density at radius 3 is 2.75 bits per heavy atom. The lowest BCUT2D eigenvalue weighted by atomic mass is 10.00. The third-order valence-corrected chi connectivity index (χ3v) is 2.59. The molecule has 1 N–H and O–H groups in total. The lowest BCUT2D eigenvalue weighted by Crippen LogP contribution is -2.01. The number of benzene rings is 1. The Morgan fingerprint density at radius 2 is 2.19 bits per heavy atom. The van der Waals surface area contributed by atoms with Crippen molar-refractivity contribution in [1.82, 2.24) is 0 Å². The molecule has 0 fully saturated rings. The summed E-state index contributed by atoms with van der Waals surface area (Å²) >= 11 is 0. The van der Waals surface area contributed by atoms with Crippen LogP contribution in [0, 0.1) is 6.92 Å². The molecule has 1 rings (SSSR count). The first kappa shape index (κ1) is 12.8. The maximum absolute atomic E-state index is 10.1. The Balaban J connectivity index is 2.84. The topological polar surface area (TPSA) is 29.5 Å². The van der Waals surface area contributed by atoms with Crippen LogP contribution in [-0.4, -0.2) is 12.2 Å². The summed E-state index contributed by atoms with van der Waals surface area (Å²) in [5, 5.41) is 10.1. The number of aliphatic hydroxyl groups is 1. The summed E-state index contributed by atoms with van der Waals surface area (Å²) in [5.74, 6) is 0.750. The molecule has 0 saturated heterocycles. The Labute approximate surface area is 97.6 Å². The number of hydrogen-bond acceptors (Lipinski definition) is 2. The summed E-state index contributed by atoms with van der Waals surface area (Å²) in [4.78, 5) is 0. The molecule has 1 aromatic carbocycles. The molecular formula is C14H20O2. The second kappa shape index (κ2) is 5.71. The number of ether oxygens (including phenoxy) is 1. The minimum absolute atomic E-state index is 0.480. The van der Waals surface area contributed by atoms with Crippen molar-refractivity contribution in [2.45, 2.75) is 32.8 Å². The molecule has 16 heavy (non-hydrogen) atoms. The average Bonchev–Trinajstić information content (AvgIpc) is 2.25. The highest BCUT2D eigenvalue weighted by atomic mass is 16.5. The zero-order valence-electron chi connectivity index (χ0n) is 10.3. The SMILES string of the molecule is C=C(C)CCC(O)c1cc(C)ccc1OC. The van der Waals surface area contributed by atoms with Crippen LogP contribution < -0.4 is 4.74 Å². The van der Waals surface area contributed by atoms with Crippen LogP contribution in [-0.2, 0) is 0 Å². The molecule has 0 aliphatic carbocycles. The van der Waals surface area contributed by atoms with E-state index in [4.69, 9.17) is 4.74 Å². The number of hydrogen-bond donors (Lipinski definition) is 1. The highest BCUT2D eigenvalue weighted by molar-refractivity contribution is 5.38. The standard InChI is InChI=1S/C14H20O2/c1-10(2)5-7-13(15)12-9-11(3)6-8-14(12)16-4/h6,8-9,13,15H,1,5,7H2,2-4H3. The summed E-state index contributed by atoms with van der Waals surface area (Å²) in [5.41, 5.74) is 3.08. The van der Waals surface area contributed by atoms with E-state index in [1.54, 1.807) is 7.11 Å². The molecule has 0 spiro atoms. The fourth-order valence-electron chi connectivity index (χ4n) is 1.65. The number of aliphatic hydroxyl groups excluding tert-OH is 1. The maximum atomic E-state index is 10.1. The fourth-order valence-corrected chi connectivity index (χ4v) is 1.65. The van der Waals surface area contributed by atoms with Gasteiger partial charge in [-0.2, -0.15) is 0 Å². The molecule has 1 unspecified atom stereocenters. The van der Waals surface area contributed by atoms with Crippen LogP contribution in [0.4, 0.5) is 0 Å². The molecule has 0 bridgehead atoms. The molecule has 2 nitrogen and oxygen atoms in total. The zero-order valence-corrected chi connectivity index (χ0v) is 10.3. The summed E-state index contributed by atoms with van der Waals surface area (Å²) < 4.78 is 5.25. The molecule has 2 heteroatoms. The second-order valence-corrected chi connectivity index (χ2v) is 4.26. The minimum Gasteiger partial charge on any atom is -0.496 e. The summed E-state index contributed by atoms with van der Waals surface area (Å²) in [6, 6.07) is 5.85. The Kier molecular flexibility index (Phi) is 4.56. The largest absolute Gasteiger partial charge is 0.496 e. The van der Waals surface area contributed by atoms with Crippen LogP contribution in [0.1, 0.15) is 37.0 Å². The van der Waals surface area contributed by atoms with E-state index in [1.807, 2.05) is 32.0 Å². The van der Waals surface area contributed by atoms with Crippen LogP contribution in [0.5, 0.6) is 5.75 Å². The van der Waals surface area contributed by atoms with Crippen molar-refractivity contribution >= 4 is 0 Å². The summed E-state index contributed by atoms with van der Waals surface area (Å²) in [6.07, 6.45) is 1.04. The van der Waals surface area contributed by atoms with E-state index in [9.17, 15) is 5.11 Å². The van der Waals surface area contributed by atoms with Gasteiger partial charge in [0.1, 0.15) is 5.75 Å². The Morgan fingerprint density at radius 1 is 1.50 bits per heavy atom. The van der Waals surface area contributed by atoms with E-state index in [2.05, 4.69) is 6.58 Å². The van der Waals surface area contributed by atoms with Crippen molar-refractivity contribution in [3.05, 3.63) is 41.5 Å². The van der Waals surface area contributed by atoms with Gasteiger partial charge in [0.25, 0.3) is 0 Å². The summed E-state index contributed by atoms with van der Waals surface area (Å²) in [6.45, 7) is 7.82. The van der Waals surface area contributed by atoms with Gasteiger partial charge in [-0.25, -0.2) is 0 Å². The quantitative estimate of drug-likeness (QED) is 0.771. The van der Waals surface area contributed by atoms with Gasteiger partial charge in [0.05, 0.1) is 13.2 Å². The fraction of sp³-hybridized carbons (Fsp3) is 0.429. The van der Waals surface area contributed by atoms with E-state index in [-0.39, 0.29) is 0 Å². The lowest BCUT2D eigenvalue weighted by Gasteiger charge is -2.15. The van der Waals surface area contributed by atoms with Crippen molar-refractivity contribution in [3.8, 4) is 5.75 Å². The van der Waals surface area contributed by atoms with Gasteiger partial charge in [-0.15, -0.1) is 6.58 Å². The van der Waals surface area contributed by atoms with E-state index >= 15 is 0 Å². The molecule has 0 saturated carbocycles. The molecule has 0 heterocycles. The first-order valence-corrected chi connectivity index (χ1v) is 5.51. The predicted octanol–water partition coefficient (Wildman–Crippen LogP) is 3.39. The number of allylic oxidation sites excluding steroid dienone is 1. The number of methoxy groups -OCH3 is 1. The molecule has 0 aliphatic rings. The number of aryl methyl sites for hydroxylation is 1.